The summed E-state index contributed by atoms with van der Waals surface area (Å²) in [6, 6.07) is 9.07. The van der Waals surface area contributed by atoms with Crippen molar-refractivity contribution in [2.45, 2.75) is 13.5 Å². The Kier molecular flexibility index (Phi) is 4.34. The molecule has 0 saturated carbocycles. The third-order valence-electron chi connectivity index (χ3n) is 3.51. The Morgan fingerprint density at radius 1 is 1.35 bits per heavy atom. The van der Waals surface area contributed by atoms with Gasteiger partial charge in [-0.25, -0.2) is 4.98 Å². The number of nitrogens with one attached hydrogen (secondary N) is 1. The SMILES string of the molecule is COc1cccc(C(=O)NCc2cn3cc(Br)cc(C)c3n2)c1. The van der Waals surface area contributed by atoms with E-state index in [2.05, 4.69) is 26.2 Å². The first kappa shape index (κ1) is 15.6. The normalized spacial score (nSPS) is 10.7. The molecule has 0 fully saturated rings. The van der Waals surface area contributed by atoms with E-state index in [1.165, 1.54) is 0 Å². The largest absolute Gasteiger partial charge is 0.497 e. The van der Waals surface area contributed by atoms with Crippen LogP contribution in [0.2, 0.25) is 0 Å². The third kappa shape index (κ3) is 3.37. The summed E-state index contributed by atoms with van der Waals surface area (Å²) >= 11 is 3.47. The van der Waals surface area contributed by atoms with Gasteiger partial charge in [-0.05, 0) is 52.7 Å². The number of nitrogens with zero attached hydrogens (tertiary/aromatic N) is 2. The van der Waals surface area contributed by atoms with E-state index < -0.39 is 0 Å². The van der Waals surface area contributed by atoms with Gasteiger partial charge in [-0.15, -0.1) is 0 Å². The molecule has 118 valence electrons. The molecule has 0 aliphatic heterocycles. The smallest absolute Gasteiger partial charge is 0.251 e. The van der Waals surface area contributed by atoms with E-state index in [0.29, 0.717) is 17.9 Å². The standard InChI is InChI=1S/C17H16BrN3O2/c1-11-6-13(18)9-21-10-14(20-16(11)21)8-19-17(22)12-4-3-5-15(7-12)23-2/h3-7,9-10H,8H2,1-2H3,(H,19,22). The van der Waals surface area contributed by atoms with Crippen molar-refractivity contribution in [1.82, 2.24) is 14.7 Å². The number of halogens is 1. The highest BCUT2D eigenvalue weighted by Gasteiger charge is 2.09. The van der Waals surface area contributed by atoms with E-state index >= 15 is 0 Å². The summed E-state index contributed by atoms with van der Waals surface area (Å²) in [5.74, 6) is 0.504. The minimum atomic E-state index is -0.154. The lowest BCUT2D eigenvalue weighted by molar-refractivity contribution is 0.0950. The molecule has 0 aliphatic carbocycles. The van der Waals surface area contributed by atoms with E-state index in [1.807, 2.05) is 29.8 Å². The fourth-order valence-electron chi connectivity index (χ4n) is 2.40. The second-order valence-corrected chi connectivity index (χ2v) is 6.13. The Bertz CT molecular complexity index is 873. The van der Waals surface area contributed by atoms with Crippen molar-refractivity contribution in [3.05, 3.63) is 64.0 Å². The summed E-state index contributed by atoms with van der Waals surface area (Å²) in [4.78, 5) is 16.8. The molecule has 1 amide bonds. The minimum absolute atomic E-state index is 0.154. The zero-order valence-electron chi connectivity index (χ0n) is 12.8. The van der Waals surface area contributed by atoms with Crippen LogP contribution in [-0.2, 0) is 6.54 Å². The van der Waals surface area contributed by atoms with Crippen LogP contribution < -0.4 is 10.1 Å². The molecule has 23 heavy (non-hydrogen) atoms. The number of amides is 1. The quantitative estimate of drug-likeness (QED) is 0.762. The van der Waals surface area contributed by atoms with Crippen LogP contribution in [0.1, 0.15) is 21.6 Å². The first-order valence-corrected chi connectivity index (χ1v) is 7.92. The highest BCUT2D eigenvalue weighted by molar-refractivity contribution is 9.10. The predicted molar refractivity (Wildman–Crippen MR) is 91.8 cm³/mol. The lowest BCUT2D eigenvalue weighted by atomic mass is 10.2. The molecule has 2 aromatic heterocycles. The number of pyridine rings is 1. The molecule has 1 aromatic carbocycles. The number of aromatic nitrogens is 2. The number of ether oxygens (including phenoxy) is 1. The second kappa shape index (κ2) is 6.42. The van der Waals surface area contributed by atoms with Crippen LogP contribution >= 0.6 is 15.9 Å². The Morgan fingerprint density at radius 2 is 2.17 bits per heavy atom. The minimum Gasteiger partial charge on any atom is -0.497 e. The van der Waals surface area contributed by atoms with Crippen LogP contribution in [0.3, 0.4) is 0 Å². The van der Waals surface area contributed by atoms with E-state index in [1.54, 1.807) is 31.4 Å². The van der Waals surface area contributed by atoms with E-state index in [0.717, 1.165) is 21.4 Å². The summed E-state index contributed by atoms with van der Waals surface area (Å²) < 4.78 is 8.08. The van der Waals surface area contributed by atoms with Gasteiger partial charge in [-0.3, -0.25) is 4.79 Å². The maximum absolute atomic E-state index is 12.2. The molecule has 0 saturated heterocycles. The molecule has 0 aliphatic rings. The average Bonchev–Trinajstić information content (AvgIpc) is 2.96. The van der Waals surface area contributed by atoms with Crippen LogP contribution in [0, 0.1) is 6.92 Å². The monoisotopic (exact) mass is 373 g/mol. The van der Waals surface area contributed by atoms with Gasteiger partial charge in [0.25, 0.3) is 5.91 Å². The molecule has 2 heterocycles. The zero-order valence-corrected chi connectivity index (χ0v) is 14.4. The van der Waals surface area contributed by atoms with Gasteiger partial charge in [0.05, 0.1) is 19.3 Å². The van der Waals surface area contributed by atoms with Gasteiger partial charge in [0.2, 0.25) is 0 Å². The highest BCUT2D eigenvalue weighted by atomic mass is 79.9. The molecule has 1 N–H and O–H groups in total. The number of fused-ring (bicyclic) bond motifs is 1. The summed E-state index contributed by atoms with van der Waals surface area (Å²) in [6.07, 6.45) is 3.86. The number of benzene rings is 1. The van der Waals surface area contributed by atoms with Crippen molar-refractivity contribution in [2.24, 2.45) is 0 Å². The van der Waals surface area contributed by atoms with E-state index in [9.17, 15) is 4.79 Å². The number of aryl methyl sites for hydroxylation is 1. The van der Waals surface area contributed by atoms with Gasteiger partial charge in [-0.2, -0.15) is 0 Å². The highest BCUT2D eigenvalue weighted by Crippen LogP contribution is 2.17. The van der Waals surface area contributed by atoms with Gasteiger partial charge in [0.1, 0.15) is 11.4 Å². The first-order valence-electron chi connectivity index (χ1n) is 7.13. The Morgan fingerprint density at radius 3 is 2.96 bits per heavy atom. The molecule has 0 unspecified atom stereocenters. The number of hydrogen-bond acceptors (Lipinski definition) is 3. The van der Waals surface area contributed by atoms with Gasteiger partial charge >= 0.3 is 0 Å². The summed E-state index contributed by atoms with van der Waals surface area (Å²) in [5, 5.41) is 2.88. The molecule has 0 atom stereocenters. The van der Waals surface area contributed by atoms with Crippen molar-refractivity contribution >= 4 is 27.5 Å². The van der Waals surface area contributed by atoms with Crippen molar-refractivity contribution in [3.8, 4) is 5.75 Å². The van der Waals surface area contributed by atoms with Gasteiger partial charge in [0.15, 0.2) is 0 Å². The summed E-state index contributed by atoms with van der Waals surface area (Å²) in [5.41, 5.74) is 3.33. The molecular weight excluding hydrogens is 358 g/mol. The van der Waals surface area contributed by atoms with Crippen LogP contribution in [0.4, 0.5) is 0 Å². The molecule has 5 nitrogen and oxygen atoms in total. The number of methoxy groups -OCH3 is 1. The van der Waals surface area contributed by atoms with Gasteiger partial charge in [0, 0.05) is 22.4 Å². The maximum Gasteiger partial charge on any atom is 0.251 e. The summed E-state index contributed by atoms with van der Waals surface area (Å²) in [6.45, 7) is 2.38. The lowest BCUT2D eigenvalue weighted by Crippen LogP contribution is -2.22. The van der Waals surface area contributed by atoms with Crippen LogP contribution in [0.15, 0.2) is 47.2 Å². The van der Waals surface area contributed by atoms with E-state index in [4.69, 9.17) is 4.74 Å². The van der Waals surface area contributed by atoms with Crippen LogP contribution in [0.5, 0.6) is 5.75 Å². The molecule has 0 spiro atoms. The van der Waals surface area contributed by atoms with Gasteiger partial charge in [-0.1, -0.05) is 6.07 Å². The van der Waals surface area contributed by atoms with Crippen molar-refractivity contribution in [1.29, 1.82) is 0 Å². The van der Waals surface area contributed by atoms with Crippen LogP contribution in [-0.4, -0.2) is 22.4 Å². The zero-order chi connectivity index (χ0) is 16.4. The predicted octanol–water partition coefficient (Wildman–Crippen LogP) is 3.34. The molecular formula is C17H16BrN3O2. The Hall–Kier alpha value is -2.34. The average molecular weight is 374 g/mol. The number of carbonyl (C=O) groups excluding carboxylic acids is 1. The molecule has 0 radical (unpaired) electrons. The number of carbonyl (C=O) groups is 1. The fourth-order valence-corrected chi connectivity index (χ4v) is 2.96. The van der Waals surface area contributed by atoms with Gasteiger partial charge < -0.3 is 14.5 Å². The van der Waals surface area contributed by atoms with Crippen molar-refractivity contribution in [3.63, 3.8) is 0 Å². The molecule has 0 bridgehead atoms. The second-order valence-electron chi connectivity index (χ2n) is 5.22. The molecule has 6 heteroatoms. The van der Waals surface area contributed by atoms with Crippen molar-refractivity contribution < 1.29 is 9.53 Å². The fraction of sp³-hybridized carbons (Fsp3) is 0.176. The first-order chi connectivity index (χ1) is 11.1. The lowest BCUT2D eigenvalue weighted by Gasteiger charge is -2.05. The van der Waals surface area contributed by atoms with E-state index in [-0.39, 0.29) is 5.91 Å². The Labute approximate surface area is 142 Å². The number of hydrogen-bond donors (Lipinski definition) is 1. The summed E-state index contributed by atoms with van der Waals surface area (Å²) in [7, 11) is 1.58. The molecule has 3 rings (SSSR count). The number of imidazole rings is 1. The number of rotatable bonds is 4. The topological polar surface area (TPSA) is 55.6 Å². The Balaban J connectivity index is 1.75. The molecule has 3 aromatic rings. The third-order valence-corrected chi connectivity index (χ3v) is 3.95. The van der Waals surface area contributed by atoms with Crippen molar-refractivity contribution in [2.75, 3.05) is 7.11 Å². The maximum atomic E-state index is 12.2. The van der Waals surface area contributed by atoms with Crippen LogP contribution in [0.25, 0.3) is 5.65 Å².